The first-order valence-corrected chi connectivity index (χ1v) is 9.68. The maximum absolute atomic E-state index is 13.0. The molecule has 0 unspecified atom stereocenters. The largest absolute Gasteiger partial charge is 0.397 e. The third kappa shape index (κ3) is 5.72. The van der Waals surface area contributed by atoms with Crippen molar-refractivity contribution in [1.82, 2.24) is 0 Å². The average molecular weight is 346 g/mol. The minimum atomic E-state index is -3.81. The Balaban J connectivity index is 2.05. The predicted molar refractivity (Wildman–Crippen MR) is 94.6 cm³/mol. The lowest BCUT2D eigenvalue weighted by Crippen LogP contribution is -2.07. The van der Waals surface area contributed by atoms with E-state index in [-0.39, 0.29) is 19.6 Å². The van der Waals surface area contributed by atoms with E-state index in [1.807, 2.05) is 67.6 Å². The second-order valence-electron chi connectivity index (χ2n) is 5.51. The molecule has 2 aromatic carbocycles. The van der Waals surface area contributed by atoms with Crippen LogP contribution in [0.15, 0.2) is 60.7 Å². The Kier molecular flexibility index (Phi) is 7.38. The molecule has 128 valence electrons. The first-order valence-electron chi connectivity index (χ1n) is 8.14. The third-order valence-electron chi connectivity index (χ3n) is 3.54. The van der Waals surface area contributed by atoms with Gasteiger partial charge in [-0.1, -0.05) is 74.0 Å². The van der Waals surface area contributed by atoms with Gasteiger partial charge in [0.15, 0.2) is 0 Å². The molecule has 2 rings (SSSR count). The number of hydrogen-bond donors (Lipinski definition) is 0. The number of benzene rings is 2. The zero-order chi connectivity index (χ0) is 17.3. The van der Waals surface area contributed by atoms with Crippen LogP contribution in [0.2, 0.25) is 0 Å². The third-order valence-corrected chi connectivity index (χ3v) is 5.31. The molecule has 2 aromatic rings. The van der Waals surface area contributed by atoms with Crippen molar-refractivity contribution in [3.05, 3.63) is 71.8 Å². The van der Waals surface area contributed by atoms with E-state index in [9.17, 15) is 9.36 Å². The van der Waals surface area contributed by atoms with Crippen LogP contribution in [0, 0.1) is 0 Å². The Morgan fingerprint density at radius 3 is 1.75 bits per heavy atom. The predicted octanol–water partition coefficient (Wildman–Crippen LogP) is 5.33. The van der Waals surface area contributed by atoms with Gasteiger partial charge in [0.1, 0.15) is 0 Å². The van der Waals surface area contributed by atoms with Crippen molar-refractivity contribution in [2.75, 3.05) is 0 Å². The van der Waals surface area contributed by atoms with Crippen molar-refractivity contribution in [2.45, 2.75) is 39.4 Å². The van der Waals surface area contributed by atoms with Crippen LogP contribution >= 0.6 is 7.60 Å². The molecule has 0 aliphatic heterocycles. The van der Waals surface area contributed by atoms with Crippen LogP contribution in [0.4, 0.5) is 0 Å². The molecular formula is C19H23O4P. The summed E-state index contributed by atoms with van der Waals surface area (Å²) >= 11 is 0. The van der Waals surface area contributed by atoms with E-state index >= 15 is 0 Å². The van der Waals surface area contributed by atoms with Crippen molar-refractivity contribution >= 4 is 13.1 Å². The highest BCUT2D eigenvalue weighted by Gasteiger charge is 2.34. The topological polar surface area (TPSA) is 52.6 Å². The molecule has 0 bridgehead atoms. The second kappa shape index (κ2) is 9.53. The van der Waals surface area contributed by atoms with Gasteiger partial charge in [-0.15, -0.1) is 0 Å². The smallest absolute Gasteiger partial charge is 0.298 e. The molecule has 0 atom stereocenters. The molecule has 0 N–H and O–H groups in total. The van der Waals surface area contributed by atoms with Crippen LogP contribution in [0.1, 0.15) is 37.3 Å². The molecule has 0 spiro atoms. The molecule has 0 aliphatic carbocycles. The standard InChI is InChI=1S/C19H23O4P/c1-2-3-14-19(20)24(21,22-15-17-10-6-4-7-11-17)23-16-18-12-8-5-9-13-18/h4-13H,2-3,14-16H2,1H3. The minimum absolute atomic E-state index is 0.0881. The van der Waals surface area contributed by atoms with E-state index in [1.54, 1.807) is 0 Å². The molecule has 0 fully saturated rings. The molecule has 4 nitrogen and oxygen atoms in total. The highest BCUT2D eigenvalue weighted by molar-refractivity contribution is 7.71. The normalized spacial score (nSPS) is 11.4. The summed E-state index contributed by atoms with van der Waals surface area (Å²) in [5.74, 6) is 0. The van der Waals surface area contributed by atoms with Crippen molar-refractivity contribution in [3.63, 3.8) is 0 Å². The molecule has 0 heterocycles. The van der Waals surface area contributed by atoms with Crippen molar-refractivity contribution in [3.8, 4) is 0 Å². The van der Waals surface area contributed by atoms with E-state index in [0.717, 1.165) is 17.5 Å². The highest BCUT2D eigenvalue weighted by Crippen LogP contribution is 2.51. The molecule has 24 heavy (non-hydrogen) atoms. The fraction of sp³-hybridized carbons (Fsp3) is 0.316. The zero-order valence-corrected chi connectivity index (χ0v) is 14.8. The number of rotatable bonds is 10. The van der Waals surface area contributed by atoms with Crippen LogP contribution in [-0.2, 0) is 31.6 Å². The summed E-state index contributed by atoms with van der Waals surface area (Å²) in [7, 11) is -3.81. The lowest BCUT2D eigenvalue weighted by molar-refractivity contribution is -0.114. The summed E-state index contributed by atoms with van der Waals surface area (Å²) in [6.07, 6.45) is 1.73. The fourth-order valence-electron chi connectivity index (χ4n) is 2.11. The van der Waals surface area contributed by atoms with Gasteiger partial charge in [-0.05, 0) is 17.5 Å². The summed E-state index contributed by atoms with van der Waals surface area (Å²) in [6.45, 7) is 2.16. The lowest BCUT2D eigenvalue weighted by atomic mass is 10.2. The maximum Gasteiger partial charge on any atom is 0.397 e. The van der Waals surface area contributed by atoms with E-state index in [1.165, 1.54) is 0 Å². The summed E-state index contributed by atoms with van der Waals surface area (Å²) in [5, 5.41) is 0. The molecule has 5 heteroatoms. The molecular weight excluding hydrogens is 323 g/mol. The SMILES string of the molecule is CCCCC(=O)P(=O)(OCc1ccccc1)OCc1ccccc1. The van der Waals surface area contributed by atoms with Crippen molar-refractivity contribution in [2.24, 2.45) is 0 Å². The molecule has 0 radical (unpaired) electrons. The maximum atomic E-state index is 13.0. The fourth-order valence-corrected chi connectivity index (χ4v) is 3.55. The van der Waals surface area contributed by atoms with Crippen LogP contribution in [-0.4, -0.2) is 5.52 Å². The zero-order valence-electron chi connectivity index (χ0n) is 13.9. The van der Waals surface area contributed by atoms with E-state index in [2.05, 4.69) is 0 Å². The van der Waals surface area contributed by atoms with Gasteiger partial charge < -0.3 is 0 Å². The lowest BCUT2D eigenvalue weighted by Gasteiger charge is -2.17. The van der Waals surface area contributed by atoms with Gasteiger partial charge in [-0.3, -0.25) is 18.4 Å². The monoisotopic (exact) mass is 346 g/mol. The van der Waals surface area contributed by atoms with Gasteiger partial charge >= 0.3 is 7.60 Å². The Morgan fingerprint density at radius 2 is 1.33 bits per heavy atom. The van der Waals surface area contributed by atoms with Crippen LogP contribution < -0.4 is 0 Å². The molecule has 0 saturated carbocycles. The van der Waals surface area contributed by atoms with Gasteiger partial charge in [0, 0.05) is 6.42 Å². The van der Waals surface area contributed by atoms with Gasteiger partial charge in [0.2, 0.25) is 5.52 Å². The molecule has 0 amide bonds. The Labute approximate surface area is 143 Å². The summed E-state index contributed by atoms with van der Waals surface area (Å²) < 4.78 is 23.9. The highest BCUT2D eigenvalue weighted by atomic mass is 31.2. The Hall–Kier alpha value is -1.74. The minimum Gasteiger partial charge on any atom is -0.298 e. The van der Waals surface area contributed by atoms with Gasteiger partial charge in [-0.2, -0.15) is 0 Å². The number of hydrogen-bond acceptors (Lipinski definition) is 4. The summed E-state index contributed by atoms with van der Waals surface area (Å²) in [5.41, 5.74) is 1.25. The first-order chi connectivity index (χ1) is 11.6. The van der Waals surface area contributed by atoms with E-state index in [0.29, 0.717) is 6.42 Å². The van der Waals surface area contributed by atoms with Crippen LogP contribution in [0.5, 0.6) is 0 Å². The van der Waals surface area contributed by atoms with Crippen molar-refractivity contribution in [1.29, 1.82) is 0 Å². The first kappa shape index (κ1) is 18.6. The average Bonchev–Trinajstić information content (AvgIpc) is 2.64. The quantitative estimate of drug-likeness (QED) is 0.546. The number of carbonyl (C=O) groups is 1. The van der Waals surface area contributed by atoms with Gasteiger partial charge in [0.25, 0.3) is 0 Å². The second-order valence-corrected chi connectivity index (χ2v) is 7.52. The molecule has 0 aromatic heterocycles. The Morgan fingerprint density at radius 1 is 0.875 bits per heavy atom. The number of unbranched alkanes of at least 4 members (excludes halogenated alkanes) is 1. The van der Waals surface area contributed by atoms with Crippen LogP contribution in [0.3, 0.4) is 0 Å². The summed E-state index contributed by atoms with van der Waals surface area (Å²) in [4.78, 5) is 12.4. The molecule has 0 aliphatic rings. The number of carbonyl (C=O) groups excluding carboxylic acids is 1. The van der Waals surface area contributed by atoms with Crippen LogP contribution in [0.25, 0.3) is 0 Å². The Bertz CT molecular complexity index is 623. The molecule has 0 saturated heterocycles. The van der Waals surface area contributed by atoms with Gasteiger partial charge in [0.05, 0.1) is 13.2 Å². The van der Waals surface area contributed by atoms with Crippen molar-refractivity contribution < 1.29 is 18.4 Å². The summed E-state index contributed by atoms with van der Waals surface area (Å²) in [6, 6.07) is 18.7. The van der Waals surface area contributed by atoms with Gasteiger partial charge in [-0.25, -0.2) is 0 Å². The van der Waals surface area contributed by atoms with E-state index < -0.39 is 13.1 Å². The van der Waals surface area contributed by atoms with E-state index in [4.69, 9.17) is 9.05 Å².